The number of carboxylic acid groups (broad SMARTS) is 1. The molecule has 1 atom stereocenters. The van der Waals surface area contributed by atoms with Crippen LogP contribution in [0.1, 0.15) is 30.7 Å². The standard InChI is InChI=1S/C15H20N2O3/c16-9-12(11-5-2-1-3-6-11)13(18)17-10-15(14(19)20)7-4-8-15/h1-3,5-6,12H,4,7-10,16H2,(H,17,18)(H,19,20). The number of nitrogens with two attached hydrogens (primary N) is 1. The van der Waals surface area contributed by atoms with Crippen molar-refractivity contribution in [1.82, 2.24) is 5.32 Å². The number of carbonyl (C=O) groups is 2. The van der Waals surface area contributed by atoms with Crippen molar-refractivity contribution < 1.29 is 14.7 Å². The number of carbonyl (C=O) groups excluding carboxylic acids is 1. The summed E-state index contributed by atoms with van der Waals surface area (Å²) in [7, 11) is 0. The topological polar surface area (TPSA) is 92.4 Å². The van der Waals surface area contributed by atoms with E-state index in [2.05, 4.69) is 5.32 Å². The molecule has 0 radical (unpaired) electrons. The van der Waals surface area contributed by atoms with E-state index in [9.17, 15) is 14.7 Å². The first kappa shape index (κ1) is 14.5. The molecule has 4 N–H and O–H groups in total. The largest absolute Gasteiger partial charge is 0.481 e. The van der Waals surface area contributed by atoms with Crippen molar-refractivity contribution in [2.45, 2.75) is 25.2 Å². The van der Waals surface area contributed by atoms with E-state index in [1.54, 1.807) is 0 Å². The highest BCUT2D eigenvalue weighted by Crippen LogP contribution is 2.40. The molecule has 0 bridgehead atoms. The Balaban J connectivity index is 1.98. The Hall–Kier alpha value is -1.88. The SMILES string of the molecule is NCC(C(=O)NCC1(C(=O)O)CCC1)c1ccccc1. The van der Waals surface area contributed by atoms with E-state index in [4.69, 9.17) is 5.73 Å². The molecule has 108 valence electrons. The molecular weight excluding hydrogens is 256 g/mol. The van der Waals surface area contributed by atoms with Crippen LogP contribution in [0.4, 0.5) is 0 Å². The minimum Gasteiger partial charge on any atom is -0.481 e. The van der Waals surface area contributed by atoms with Crippen LogP contribution in [0, 0.1) is 5.41 Å². The highest BCUT2D eigenvalue weighted by atomic mass is 16.4. The maximum Gasteiger partial charge on any atom is 0.311 e. The van der Waals surface area contributed by atoms with Gasteiger partial charge < -0.3 is 16.2 Å². The number of amides is 1. The van der Waals surface area contributed by atoms with Gasteiger partial charge in [0.25, 0.3) is 0 Å². The molecule has 1 amide bonds. The lowest BCUT2D eigenvalue weighted by atomic mass is 9.68. The molecule has 20 heavy (non-hydrogen) atoms. The van der Waals surface area contributed by atoms with E-state index >= 15 is 0 Å². The molecule has 0 aliphatic heterocycles. The molecule has 1 aromatic carbocycles. The molecule has 0 spiro atoms. The summed E-state index contributed by atoms with van der Waals surface area (Å²) < 4.78 is 0. The highest BCUT2D eigenvalue weighted by molar-refractivity contribution is 5.85. The van der Waals surface area contributed by atoms with Gasteiger partial charge in [0.1, 0.15) is 0 Å². The number of aliphatic carboxylic acids is 1. The molecule has 0 saturated heterocycles. The lowest BCUT2D eigenvalue weighted by molar-refractivity contribution is -0.154. The molecule has 0 heterocycles. The number of hydrogen-bond donors (Lipinski definition) is 3. The van der Waals surface area contributed by atoms with Crippen molar-refractivity contribution in [2.24, 2.45) is 11.1 Å². The van der Waals surface area contributed by atoms with Gasteiger partial charge in [-0.2, -0.15) is 0 Å². The lowest BCUT2D eigenvalue weighted by Gasteiger charge is -2.37. The fourth-order valence-corrected chi connectivity index (χ4v) is 2.53. The Morgan fingerprint density at radius 3 is 2.40 bits per heavy atom. The van der Waals surface area contributed by atoms with Gasteiger partial charge in [-0.15, -0.1) is 0 Å². The van der Waals surface area contributed by atoms with E-state index in [0.29, 0.717) is 12.8 Å². The van der Waals surface area contributed by atoms with Crippen LogP contribution in [0.5, 0.6) is 0 Å². The maximum absolute atomic E-state index is 12.2. The van der Waals surface area contributed by atoms with Crippen molar-refractivity contribution in [3.63, 3.8) is 0 Å². The Kier molecular flexibility index (Phi) is 4.39. The Labute approximate surface area is 118 Å². The van der Waals surface area contributed by atoms with E-state index in [1.807, 2.05) is 30.3 Å². The van der Waals surface area contributed by atoms with Crippen LogP contribution >= 0.6 is 0 Å². The Morgan fingerprint density at radius 2 is 1.95 bits per heavy atom. The quantitative estimate of drug-likeness (QED) is 0.725. The van der Waals surface area contributed by atoms with Gasteiger partial charge in [-0.1, -0.05) is 36.8 Å². The monoisotopic (exact) mass is 276 g/mol. The van der Waals surface area contributed by atoms with Gasteiger partial charge in [0, 0.05) is 13.1 Å². The van der Waals surface area contributed by atoms with Gasteiger partial charge in [-0.3, -0.25) is 9.59 Å². The number of nitrogens with one attached hydrogen (secondary N) is 1. The molecule has 1 aliphatic carbocycles. The normalized spacial score (nSPS) is 17.9. The molecule has 5 nitrogen and oxygen atoms in total. The van der Waals surface area contributed by atoms with Gasteiger partial charge in [0.2, 0.25) is 5.91 Å². The molecule has 2 rings (SSSR count). The van der Waals surface area contributed by atoms with Crippen LogP contribution in [-0.2, 0) is 9.59 Å². The average molecular weight is 276 g/mol. The summed E-state index contributed by atoms with van der Waals surface area (Å²) in [6.45, 7) is 0.389. The summed E-state index contributed by atoms with van der Waals surface area (Å²) in [5, 5.41) is 12.0. The summed E-state index contributed by atoms with van der Waals surface area (Å²) in [4.78, 5) is 23.4. The zero-order valence-corrected chi connectivity index (χ0v) is 11.3. The molecule has 1 aliphatic rings. The van der Waals surface area contributed by atoms with Crippen LogP contribution < -0.4 is 11.1 Å². The number of hydrogen-bond acceptors (Lipinski definition) is 3. The predicted molar refractivity (Wildman–Crippen MR) is 75.2 cm³/mol. The van der Waals surface area contributed by atoms with Gasteiger partial charge in [-0.05, 0) is 18.4 Å². The van der Waals surface area contributed by atoms with E-state index in [0.717, 1.165) is 12.0 Å². The Bertz CT molecular complexity index is 483. The Morgan fingerprint density at radius 1 is 1.30 bits per heavy atom. The number of rotatable bonds is 6. The third-order valence-corrected chi connectivity index (χ3v) is 4.12. The fourth-order valence-electron chi connectivity index (χ4n) is 2.53. The number of carboxylic acids is 1. The van der Waals surface area contributed by atoms with Crippen molar-refractivity contribution in [3.05, 3.63) is 35.9 Å². The second-order valence-corrected chi connectivity index (χ2v) is 5.36. The van der Waals surface area contributed by atoms with Crippen LogP contribution in [0.2, 0.25) is 0 Å². The molecule has 1 unspecified atom stereocenters. The zero-order chi connectivity index (χ0) is 14.6. The highest BCUT2D eigenvalue weighted by Gasteiger charge is 2.44. The van der Waals surface area contributed by atoms with Gasteiger partial charge in [0.15, 0.2) is 0 Å². The third-order valence-electron chi connectivity index (χ3n) is 4.12. The summed E-state index contributed by atoms with van der Waals surface area (Å²) in [5.74, 6) is -1.46. The third kappa shape index (κ3) is 2.82. The van der Waals surface area contributed by atoms with E-state index in [1.165, 1.54) is 0 Å². The van der Waals surface area contributed by atoms with Crippen LogP contribution in [0.3, 0.4) is 0 Å². The van der Waals surface area contributed by atoms with Crippen molar-refractivity contribution in [2.75, 3.05) is 13.1 Å². The van der Waals surface area contributed by atoms with Gasteiger partial charge in [0.05, 0.1) is 11.3 Å². The molecule has 0 aromatic heterocycles. The second kappa shape index (κ2) is 6.05. The minimum atomic E-state index is -0.826. The van der Waals surface area contributed by atoms with Gasteiger partial charge >= 0.3 is 5.97 Å². The van der Waals surface area contributed by atoms with Gasteiger partial charge in [-0.25, -0.2) is 0 Å². The summed E-state index contributed by atoms with van der Waals surface area (Å²) in [5.41, 5.74) is 5.75. The first-order chi connectivity index (χ1) is 9.59. The maximum atomic E-state index is 12.2. The first-order valence-electron chi connectivity index (χ1n) is 6.85. The van der Waals surface area contributed by atoms with Crippen LogP contribution in [0.15, 0.2) is 30.3 Å². The van der Waals surface area contributed by atoms with E-state index in [-0.39, 0.29) is 19.0 Å². The van der Waals surface area contributed by atoms with Crippen LogP contribution in [-0.4, -0.2) is 30.1 Å². The minimum absolute atomic E-state index is 0.185. The summed E-state index contributed by atoms with van der Waals surface area (Å²) in [6, 6.07) is 9.30. The van der Waals surface area contributed by atoms with E-state index < -0.39 is 17.3 Å². The lowest BCUT2D eigenvalue weighted by Crippen LogP contribution is -2.48. The van der Waals surface area contributed by atoms with Crippen molar-refractivity contribution in [1.29, 1.82) is 0 Å². The smallest absolute Gasteiger partial charge is 0.311 e. The van der Waals surface area contributed by atoms with Crippen molar-refractivity contribution >= 4 is 11.9 Å². The molecular formula is C15H20N2O3. The average Bonchev–Trinajstić information content (AvgIpc) is 2.39. The van der Waals surface area contributed by atoms with Crippen molar-refractivity contribution in [3.8, 4) is 0 Å². The molecule has 1 saturated carbocycles. The fraction of sp³-hybridized carbons (Fsp3) is 0.467. The molecule has 1 aromatic rings. The predicted octanol–water partition coefficient (Wildman–Crippen LogP) is 1.10. The summed E-state index contributed by atoms with van der Waals surface area (Å²) in [6.07, 6.45) is 2.16. The summed E-state index contributed by atoms with van der Waals surface area (Å²) >= 11 is 0. The number of benzene rings is 1. The molecule has 1 fully saturated rings. The first-order valence-corrected chi connectivity index (χ1v) is 6.85. The molecule has 5 heteroatoms. The second-order valence-electron chi connectivity index (χ2n) is 5.36. The van der Waals surface area contributed by atoms with Crippen LogP contribution in [0.25, 0.3) is 0 Å². The zero-order valence-electron chi connectivity index (χ0n) is 11.3.